The fraction of sp³-hybridized carbons (Fsp3) is 0.810. The number of nitrogens with zero attached hydrogens (tertiary/aromatic N) is 1. The summed E-state index contributed by atoms with van der Waals surface area (Å²) in [7, 11) is 4.27. The third kappa shape index (κ3) is 5.21. The molecule has 1 aliphatic heterocycles. The van der Waals surface area contributed by atoms with Gasteiger partial charge in [-0.1, -0.05) is 77.5 Å². The maximum Gasteiger partial charge on any atom is 0.163 e. The van der Waals surface area contributed by atoms with E-state index in [1.165, 1.54) is 62.5 Å². The van der Waals surface area contributed by atoms with E-state index in [1.54, 1.807) is 0 Å². The second-order valence-electron chi connectivity index (χ2n) is 19.4. The van der Waals surface area contributed by atoms with E-state index < -0.39 is 5.79 Å². The average Bonchev–Trinajstić information content (AvgIpc) is 2.97. The van der Waals surface area contributed by atoms with Crippen molar-refractivity contribution in [2.75, 3.05) is 20.7 Å². The summed E-state index contributed by atoms with van der Waals surface area (Å²) in [6, 6.07) is 9.12. The molecule has 5 aliphatic carbocycles. The summed E-state index contributed by atoms with van der Waals surface area (Å²) in [5.41, 5.74) is 5.89. The molecule has 0 radical (unpaired) electrons. The Balaban J connectivity index is 1.15. The third-order valence-electron chi connectivity index (χ3n) is 15.4. The Hall–Kier alpha value is -1.20. The Labute approximate surface area is 281 Å². The molecule has 7 rings (SSSR count). The Morgan fingerprint density at radius 3 is 2.26 bits per heavy atom. The van der Waals surface area contributed by atoms with Crippen LogP contribution in [0.4, 0.5) is 0 Å². The van der Waals surface area contributed by atoms with Gasteiger partial charge in [-0.05, 0) is 136 Å². The third-order valence-corrected chi connectivity index (χ3v) is 15.4. The molecule has 6 aliphatic rings. The molecule has 1 heterocycles. The summed E-state index contributed by atoms with van der Waals surface area (Å²) in [6.45, 7) is 22.5. The quantitative estimate of drug-likeness (QED) is 0.303. The van der Waals surface area contributed by atoms with Crippen molar-refractivity contribution in [2.45, 2.75) is 144 Å². The summed E-state index contributed by atoms with van der Waals surface area (Å²) >= 11 is 0. The number of hydrogen-bond donors (Lipinski definition) is 0. The van der Waals surface area contributed by atoms with Crippen molar-refractivity contribution >= 4 is 0 Å². The monoisotopic (exact) mass is 631 g/mol. The minimum absolute atomic E-state index is 0.192. The standard InChI is InChI=1S/C42H65NO3/c1-37(2)23-33-32-15-16-35-39(5)19-18-34-30(27-45-38(3,4)46-34)31(39)17-20-42(35,8)41(32,7)22-21-40(33,6)36(24-37)44-26-29-13-11-28(12-14-29)25-43(9)10/h11-15,30-31,33-36H,16-27H2,1-10H3/t30?,31?,33?,34?,35?,36?,39?,40?,41-,42?/m1/s1. The topological polar surface area (TPSA) is 30.9 Å². The van der Waals surface area contributed by atoms with Crippen LogP contribution in [0.2, 0.25) is 0 Å². The van der Waals surface area contributed by atoms with Gasteiger partial charge in [0.2, 0.25) is 0 Å². The summed E-state index contributed by atoms with van der Waals surface area (Å²) < 4.78 is 19.9. The fourth-order valence-corrected chi connectivity index (χ4v) is 12.6. The van der Waals surface area contributed by atoms with Crippen LogP contribution in [0.25, 0.3) is 0 Å². The van der Waals surface area contributed by atoms with Gasteiger partial charge in [0, 0.05) is 17.9 Å². The summed E-state index contributed by atoms with van der Waals surface area (Å²) in [5, 5.41) is 0. The number of benzene rings is 1. The van der Waals surface area contributed by atoms with Gasteiger partial charge in [-0.2, -0.15) is 0 Å². The number of fused-ring (bicyclic) bond motifs is 9. The molecule has 1 aromatic carbocycles. The maximum absolute atomic E-state index is 7.03. The van der Waals surface area contributed by atoms with Crippen molar-refractivity contribution in [3.63, 3.8) is 0 Å². The van der Waals surface area contributed by atoms with Crippen molar-refractivity contribution in [3.05, 3.63) is 47.0 Å². The highest BCUT2D eigenvalue weighted by Gasteiger charge is 2.68. The van der Waals surface area contributed by atoms with Gasteiger partial charge in [0.25, 0.3) is 0 Å². The largest absolute Gasteiger partial charge is 0.373 e. The van der Waals surface area contributed by atoms with Gasteiger partial charge in [-0.3, -0.25) is 0 Å². The van der Waals surface area contributed by atoms with Crippen molar-refractivity contribution < 1.29 is 14.2 Å². The highest BCUT2D eigenvalue weighted by molar-refractivity contribution is 5.34. The van der Waals surface area contributed by atoms with Crippen LogP contribution in [0, 0.1) is 50.7 Å². The predicted octanol–water partition coefficient (Wildman–Crippen LogP) is 9.81. The summed E-state index contributed by atoms with van der Waals surface area (Å²) in [5.74, 6) is 2.15. The van der Waals surface area contributed by atoms with E-state index >= 15 is 0 Å². The van der Waals surface area contributed by atoms with E-state index in [4.69, 9.17) is 14.2 Å². The molecule has 46 heavy (non-hydrogen) atoms. The van der Waals surface area contributed by atoms with E-state index in [2.05, 4.69) is 105 Å². The normalized spacial score (nSPS) is 45.8. The van der Waals surface area contributed by atoms with Crippen LogP contribution >= 0.6 is 0 Å². The van der Waals surface area contributed by atoms with E-state index in [-0.39, 0.29) is 22.3 Å². The van der Waals surface area contributed by atoms with E-state index in [0.717, 1.165) is 25.5 Å². The molecule has 4 saturated carbocycles. The van der Waals surface area contributed by atoms with Gasteiger partial charge in [-0.25, -0.2) is 0 Å². The number of allylic oxidation sites excluding steroid dienone is 2. The Morgan fingerprint density at radius 2 is 1.54 bits per heavy atom. The molecule has 0 aromatic heterocycles. The van der Waals surface area contributed by atoms with Gasteiger partial charge in [0.1, 0.15) is 0 Å². The van der Waals surface area contributed by atoms with Gasteiger partial charge in [0.05, 0.1) is 25.4 Å². The first-order valence-corrected chi connectivity index (χ1v) is 18.9. The van der Waals surface area contributed by atoms with Gasteiger partial charge < -0.3 is 19.1 Å². The number of rotatable bonds is 5. The Morgan fingerprint density at radius 1 is 0.826 bits per heavy atom. The van der Waals surface area contributed by atoms with Crippen LogP contribution in [-0.4, -0.2) is 43.6 Å². The molecule has 0 bridgehead atoms. The molecule has 4 nitrogen and oxygen atoms in total. The van der Waals surface area contributed by atoms with E-state index in [0.29, 0.717) is 41.3 Å². The molecule has 1 aromatic rings. The molecule has 5 fully saturated rings. The van der Waals surface area contributed by atoms with Crippen molar-refractivity contribution in [1.82, 2.24) is 4.90 Å². The Kier molecular flexibility index (Phi) is 8.08. The van der Waals surface area contributed by atoms with Crippen LogP contribution < -0.4 is 0 Å². The highest BCUT2D eigenvalue weighted by Crippen LogP contribution is 2.75. The highest BCUT2D eigenvalue weighted by atomic mass is 16.7. The summed E-state index contributed by atoms with van der Waals surface area (Å²) in [4.78, 5) is 2.23. The lowest BCUT2D eigenvalue weighted by Crippen LogP contribution is -2.65. The number of ether oxygens (including phenoxy) is 3. The predicted molar refractivity (Wildman–Crippen MR) is 187 cm³/mol. The zero-order valence-corrected chi connectivity index (χ0v) is 31.0. The van der Waals surface area contributed by atoms with Gasteiger partial charge >= 0.3 is 0 Å². The zero-order chi connectivity index (χ0) is 32.9. The first-order valence-electron chi connectivity index (χ1n) is 18.9. The van der Waals surface area contributed by atoms with Crippen LogP contribution in [0.5, 0.6) is 0 Å². The SMILES string of the molecule is CN(C)Cc1ccc(COC2CC(C)(C)CC3C4=CCC5C6(C)CCC7OC(C)(C)OCC7C6CCC5(C)[C@]4(C)CCC23C)cc1. The molecule has 0 spiro atoms. The first-order chi connectivity index (χ1) is 21.5. The number of hydrogen-bond acceptors (Lipinski definition) is 4. The van der Waals surface area contributed by atoms with Crippen LogP contribution in [-0.2, 0) is 27.4 Å². The maximum atomic E-state index is 7.03. The molecular weight excluding hydrogens is 566 g/mol. The summed E-state index contributed by atoms with van der Waals surface area (Å²) in [6.07, 6.45) is 14.9. The lowest BCUT2D eigenvalue weighted by molar-refractivity contribution is -0.323. The molecule has 10 atom stereocenters. The van der Waals surface area contributed by atoms with E-state index in [9.17, 15) is 0 Å². The van der Waals surface area contributed by atoms with Crippen molar-refractivity contribution in [2.24, 2.45) is 50.7 Å². The minimum atomic E-state index is -0.436. The lowest BCUT2D eigenvalue weighted by atomic mass is 9.34. The second-order valence-corrected chi connectivity index (χ2v) is 19.4. The second kappa shape index (κ2) is 11.2. The first kappa shape index (κ1) is 33.3. The molecular formula is C42H65NO3. The lowest BCUT2D eigenvalue weighted by Gasteiger charge is -2.71. The average molecular weight is 632 g/mol. The molecule has 1 saturated heterocycles. The van der Waals surface area contributed by atoms with Crippen LogP contribution in [0.15, 0.2) is 35.9 Å². The minimum Gasteiger partial charge on any atom is -0.373 e. The van der Waals surface area contributed by atoms with Crippen LogP contribution in [0.3, 0.4) is 0 Å². The molecule has 9 unspecified atom stereocenters. The fourth-order valence-electron chi connectivity index (χ4n) is 12.6. The smallest absolute Gasteiger partial charge is 0.163 e. The Bertz CT molecular complexity index is 1330. The molecule has 4 heteroatoms. The van der Waals surface area contributed by atoms with Crippen molar-refractivity contribution in [1.29, 1.82) is 0 Å². The zero-order valence-electron chi connectivity index (χ0n) is 31.0. The van der Waals surface area contributed by atoms with E-state index in [1.807, 2.05) is 5.57 Å². The van der Waals surface area contributed by atoms with Gasteiger partial charge in [-0.15, -0.1) is 0 Å². The molecule has 256 valence electrons. The van der Waals surface area contributed by atoms with Crippen LogP contribution in [0.1, 0.15) is 124 Å². The van der Waals surface area contributed by atoms with Gasteiger partial charge in [0.15, 0.2) is 5.79 Å². The molecule has 0 amide bonds. The molecule has 0 N–H and O–H groups in total. The van der Waals surface area contributed by atoms with Crippen molar-refractivity contribution in [3.8, 4) is 0 Å².